The average Bonchev–Trinajstić information content (AvgIpc) is 3.31. The number of aromatic amines is 1. The molecule has 25 heavy (non-hydrogen) atoms. The lowest BCUT2D eigenvalue weighted by Crippen LogP contribution is -2.48. The molecule has 0 amide bonds. The molecule has 0 spiro atoms. The second-order valence-corrected chi connectivity index (χ2v) is 6.27. The Kier molecular flexibility index (Phi) is 6.05. The van der Waals surface area contributed by atoms with Crippen molar-refractivity contribution in [3.05, 3.63) is 24.2 Å². The largest absolute Gasteiger partial charge is 0.461 e. The Morgan fingerprint density at radius 2 is 2.28 bits per heavy atom. The number of rotatable bonds is 6. The van der Waals surface area contributed by atoms with Gasteiger partial charge in [-0.3, -0.25) is 10.1 Å². The molecule has 3 rings (SSSR count). The molecule has 0 aliphatic carbocycles. The zero-order valence-corrected chi connectivity index (χ0v) is 15.0. The quantitative estimate of drug-likeness (QED) is 0.544. The van der Waals surface area contributed by atoms with Crippen molar-refractivity contribution in [3.8, 4) is 11.6 Å². The molecule has 0 unspecified atom stereocenters. The minimum atomic E-state index is 0.465. The number of aliphatic imine (C=N–C) groups is 1. The number of nitrogens with zero attached hydrogens (tertiary/aromatic N) is 4. The van der Waals surface area contributed by atoms with Crippen molar-refractivity contribution in [2.24, 2.45) is 4.99 Å². The lowest BCUT2D eigenvalue weighted by molar-refractivity contribution is 0.206. The molecule has 2 aromatic rings. The lowest BCUT2D eigenvalue weighted by atomic mass is 10.1. The van der Waals surface area contributed by atoms with Crippen LogP contribution in [0.2, 0.25) is 0 Å². The second-order valence-electron chi connectivity index (χ2n) is 6.27. The third-order valence-corrected chi connectivity index (χ3v) is 4.39. The van der Waals surface area contributed by atoms with Gasteiger partial charge in [-0.1, -0.05) is 6.92 Å². The summed E-state index contributed by atoms with van der Waals surface area (Å²) < 4.78 is 5.30. The van der Waals surface area contributed by atoms with E-state index in [1.54, 1.807) is 13.3 Å². The Labute approximate surface area is 148 Å². The van der Waals surface area contributed by atoms with Gasteiger partial charge in [0.25, 0.3) is 0 Å². The number of hydrogen-bond acceptors (Lipinski definition) is 5. The molecule has 3 N–H and O–H groups in total. The van der Waals surface area contributed by atoms with Gasteiger partial charge in [0.1, 0.15) is 5.82 Å². The van der Waals surface area contributed by atoms with Gasteiger partial charge in [-0.15, -0.1) is 5.10 Å². The minimum absolute atomic E-state index is 0.465. The Morgan fingerprint density at radius 3 is 2.96 bits per heavy atom. The second kappa shape index (κ2) is 8.66. The topological polar surface area (TPSA) is 94.4 Å². The molecule has 0 aromatic carbocycles. The number of furan rings is 1. The highest BCUT2D eigenvalue weighted by atomic mass is 16.3. The maximum absolute atomic E-state index is 5.30. The first kappa shape index (κ1) is 17.5. The van der Waals surface area contributed by atoms with Gasteiger partial charge in [-0.05, 0) is 37.9 Å². The zero-order chi connectivity index (χ0) is 17.5. The predicted octanol–water partition coefficient (Wildman–Crippen LogP) is 1.60. The van der Waals surface area contributed by atoms with E-state index in [0.29, 0.717) is 24.2 Å². The number of H-pyrrole nitrogens is 1. The number of guanidine groups is 1. The normalized spacial score (nSPS) is 17.0. The van der Waals surface area contributed by atoms with E-state index in [1.165, 1.54) is 13.0 Å². The molecule has 1 saturated heterocycles. The maximum atomic E-state index is 5.30. The van der Waals surface area contributed by atoms with Crippen LogP contribution in [0.5, 0.6) is 0 Å². The van der Waals surface area contributed by atoms with Gasteiger partial charge in [0.05, 0.1) is 12.8 Å². The monoisotopic (exact) mass is 345 g/mol. The van der Waals surface area contributed by atoms with E-state index in [0.717, 1.165) is 37.7 Å². The Morgan fingerprint density at radius 1 is 1.44 bits per heavy atom. The van der Waals surface area contributed by atoms with Crippen LogP contribution in [0.3, 0.4) is 0 Å². The highest BCUT2D eigenvalue weighted by Crippen LogP contribution is 2.14. The lowest BCUT2D eigenvalue weighted by Gasteiger charge is -2.32. The Balaban J connectivity index is 1.45. The smallest absolute Gasteiger partial charge is 0.216 e. The molecule has 1 aliphatic rings. The fourth-order valence-corrected chi connectivity index (χ4v) is 3.06. The number of likely N-dealkylation sites (tertiary alicyclic amines) is 1. The fourth-order valence-electron chi connectivity index (χ4n) is 3.06. The van der Waals surface area contributed by atoms with Crippen molar-refractivity contribution < 1.29 is 4.42 Å². The van der Waals surface area contributed by atoms with Gasteiger partial charge >= 0.3 is 0 Å². The molecule has 8 nitrogen and oxygen atoms in total. The van der Waals surface area contributed by atoms with E-state index in [-0.39, 0.29) is 0 Å². The molecule has 0 saturated carbocycles. The molecule has 0 bridgehead atoms. The van der Waals surface area contributed by atoms with Crippen molar-refractivity contribution in [2.75, 3.05) is 26.7 Å². The van der Waals surface area contributed by atoms with Crippen LogP contribution in [0.25, 0.3) is 11.6 Å². The van der Waals surface area contributed by atoms with E-state index >= 15 is 0 Å². The van der Waals surface area contributed by atoms with Crippen molar-refractivity contribution in [1.82, 2.24) is 30.7 Å². The van der Waals surface area contributed by atoms with E-state index in [1.807, 2.05) is 12.1 Å². The third-order valence-electron chi connectivity index (χ3n) is 4.39. The summed E-state index contributed by atoms with van der Waals surface area (Å²) in [7, 11) is 1.79. The van der Waals surface area contributed by atoms with Gasteiger partial charge in [0, 0.05) is 26.2 Å². The van der Waals surface area contributed by atoms with Gasteiger partial charge < -0.3 is 20.0 Å². The molecule has 1 aliphatic heterocycles. The van der Waals surface area contributed by atoms with Gasteiger partial charge in [-0.25, -0.2) is 4.98 Å². The fraction of sp³-hybridized carbons (Fsp3) is 0.588. The van der Waals surface area contributed by atoms with Crippen LogP contribution in [0, 0.1) is 0 Å². The first-order chi connectivity index (χ1) is 12.3. The molecule has 8 heteroatoms. The minimum Gasteiger partial charge on any atom is -0.461 e. The van der Waals surface area contributed by atoms with Crippen LogP contribution in [-0.2, 0) is 6.54 Å². The van der Waals surface area contributed by atoms with Crippen LogP contribution in [0.1, 0.15) is 32.0 Å². The third kappa shape index (κ3) is 4.82. The standard InChI is InChI=1S/C17H27N7O/c1-3-8-24-9-6-13(7-10-24)20-17(18-2)19-12-15-21-16(23-22-15)14-5-4-11-25-14/h4-5,11,13H,3,6-10,12H2,1-2H3,(H2,18,19,20)(H,21,22,23). The van der Waals surface area contributed by atoms with Gasteiger partial charge in [0.15, 0.2) is 11.7 Å². The van der Waals surface area contributed by atoms with Crippen LogP contribution < -0.4 is 10.6 Å². The van der Waals surface area contributed by atoms with Crippen molar-refractivity contribution in [1.29, 1.82) is 0 Å². The first-order valence-electron chi connectivity index (χ1n) is 8.93. The van der Waals surface area contributed by atoms with E-state index in [4.69, 9.17) is 4.42 Å². The number of nitrogens with one attached hydrogen (secondary N) is 3. The highest BCUT2D eigenvalue weighted by Gasteiger charge is 2.19. The summed E-state index contributed by atoms with van der Waals surface area (Å²) in [4.78, 5) is 11.3. The summed E-state index contributed by atoms with van der Waals surface area (Å²) in [6.45, 7) is 6.26. The maximum Gasteiger partial charge on any atom is 0.216 e. The average molecular weight is 345 g/mol. The summed E-state index contributed by atoms with van der Waals surface area (Å²) in [5.74, 6) is 2.76. The summed E-state index contributed by atoms with van der Waals surface area (Å²) in [6.07, 6.45) is 5.12. The molecule has 1 fully saturated rings. The number of aromatic nitrogens is 3. The molecular formula is C17H27N7O. The Hall–Kier alpha value is -2.35. The van der Waals surface area contributed by atoms with Crippen LogP contribution in [0.15, 0.2) is 27.8 Å². The number of hydrogen-bond donors (Lipinski definition) is 3. The molecule has 2 aromatic heterocycles. The summed E-state index contributed by atoms with van der Waals surface area (Å²) in [5.41, 5.74) is 0. The van der Waals surface area contributed by atoms with Crippen LogP contribution in [0.4, 0.5) is 0 Å². The molecule has 136 valence electrons. The molecule has 3 heterocycles. The summed E-state index contributed by atoms with van der Waals surface area (Å²) >= 11 is 0. The van der Waals surface area contributed by atoms with E-state index in [9.17, 15) is 0 Å². The van der Waals surface area contributed by atoms with Gasteiger partial charge in [-0.2, -0.15) is 0 Å². The SMILES string of the molecule is CCCN1CCC(NC(=NC)NCc2nc(-c3ccco3)n[nH]2)CC1. The van der Waals surface area contributed by atoms with E-state index in [2.05, 4.69) is 42.6 Å². The zero-order valence-electron chi connectivity index (χ0n) is 15.0. The Bertz CT molecular complexity index is 656. The van der Waals surface area contributed by atoms with Gasteiger partial charge in [0.2, 0.25) is 5.82 Å². The van der Waals surface area contributed by atoms with Crippen molar-refractivity contribution in [3.63, 3.8) is 0 Å². The summed E-state index contributed by atoms with van der Waals surface area (Å²) in [6, 6.07) is 4.13. The van der Waals surface area contributed by atoms with Crippen LogP contribution >= 0.6 is 0 Å². The highest BCUT2D eigenvalue weighted by molar-refractivity contribution is 5.79. The summed E-state index contributed by atoms with van der Waals surface area (Å²) in [5, 5.41) is 13.9. The molecule has 0 atom stereocenters. The van der Waals surface area contributed by atoms with E-state index < -0.39 is 0 Å². The van der Waals surface area contributed by atoms with Crippen LogP contribution in [-0.4, -0.2) is 58.8 Å². The van der Waals surface area contributed by atoms with Crippen molar-refractivity contribution in [2.45, 2.75) is 38.8 Å². The first-order valence-corrected chi connectivity index (χ1v) is 8.93. The molecular weight excluding hydrogens is 318 g/mol. The number of piperidine rings is 1. The van der Waals surface area contributed by atoms with Crippen molar-refractivity contribution >= 4 is 5.96 Å². The molecule has 0 radical (unpaired) electrons. The predicted molar refractivity (Wildman–Crippen MR) is 97.2 cm³/mol.